The molecular formula is C13H19BrN2O. The Hall–Kier alpha value is -0.870. The van der Waals surface area contributed by atoms with Gasteiger partial charge >= 0.3 is 0 Å². The number of nitrogens with two attached hydrogens (primary N) is 1. The molecule has 0 spiro atoms. The molecule has 0 aromatic heterocycles. The van der Waals surface area contributed by atoms with Crippen molar-refractivity contribution in [3.63, 3.8) is 0 Å². The average molecular weight is 299 g/mol. The van der Waals surface area contributed by atoms with Crippen LogP contribution in [0.3, 0.4) is 0 Å². The first-order valence-electron chi connectivity index (χ1n) is 5.75. The third-order valence-electron chi connectivity index (χ3n) is 3.18. The molecule has 1 unspecified atom stereocenters. The highest BCUT2D eigenvalue weighted by Gasteiger charge is 2.29. The lowest BCUT2D eigenvalue weighted by molar-refractivity contribution is -0.130. The van der Waals surface area contributed by atoms with Gasteiger partial charge in [-0.2, -0.15) is 0 Å². The van der Waals surface area contributed by atoms with E-state index in [2.05, 4.69) is 21.2 Å². The van der Waals surface area contributed by atoms with Crippen LogP contribution in [-0.4, -0.2) is 12.5 Å². The Labute approximate surface area is 111 Å². The van der Waals surface area contributed by atoms with Gasteiger partial charge in [0.15, 0.2) is 0 Å². The predicted octanol–water partition coefficient (Wildman–Crippen LogP) is 2.44. The Morgan fingerprint density at radius 3 is 2.65 bits per heavy atom. The van der Waals surface area contributed by atoms with Crippen LogP contribution in [0.15, 0.2) is 28.7 Å². The first-order chi connectivity index (χ1) is 8.03. The molecule has 0 saturated carbocycles. The van der Waals surface area contributed by atoms with Crippen molar-refractivity contribution < 1.29 is 4.79 Å². The smallest absolute Gasteiger partial charge is 0.227 e. The van der Waals surface area contributed by atoms with E-state index in [1.165, 1.54) is 0 Å². The molecule has 1 amide bonds. The predicted molar refractivity (Wildman–Crippen MR) is 73.4 cm³/mol. The molecule has 0 aliphatic heterocycles. The Kier molecular flexibility index (Phi) is 5.15. The Balaban J connectivity index is 2.63. The SMILES string of the molecule is CCC(C)(CN)C(=O)NCc1ccccc1Br. The van der Waals surface area contributed by atoms with Crippen molar-refractivity contribution >= 4 is 21.8 Å². The highest BCUT2D eigenvalue weighted by molar-refractivity contribution is 9.10. The molecule has 1 rings (SSSR count). The lowest BCUT2D eigenvalue weighted by atomic mass is 9.86. The van der Waals surface area contributed by atoms with Crippen LogP contribution >= 0.6 is 15.9 Å². The number of hydrogen-bond donors (Lipinski definition) is 2. The third kappa shape index (κ3) is 3.54. The Morgan fingerprint density at radius 2 is 2.12 bits per heavy atom. The van der Waals surface area contributed by atoms with Crippen molar-refractivity contribution in [3.05, 3.63) is 34.3 Å². The fraction of sp³-hybridized carbons (Fsp3) is 0.462. The molecule has 0 fully saturated rings. The van der Waals surface area contributed by atoms with Crippen molar-refractivity contribution in [2.24, 2.45) is 11.1 Å². The van der Waals surface area contributed by atoms with Gasteiger partial charge in [-0.15, -0.1) is 0 Å². The minimum Gasteiger partial charge on any atom is -0.351 e. The van der Waals surface area contributed by atoms with Crippen LogP contribution < -0.4 is 11.1 Å². The van der Waals surface area contributed by atoms with E-state index in [-0.39, 0.29) is 5.91 Å². The van der Waals surface area contributed by atoms with E-state index in [9.17, 15) is 4.79 Å². The number of rotatable bonds is 5. The summed E-state index contributed by atoms with van der Waals surface area (Å²) in [5.74, 6) is 0.0123. The van der Waals surface area contributed by atoms with E-state index in [1.807, 2.05) is 38.1 Å². The lowest BCUT2D eigenvalue weighted by Crippen LogP contribution is -2.43. The van der Waals surface area contributed by atoms with E-state index < -0.39 is 5.41 Å². The quantitative estimate of drug-likeness (QED) is 0.877. The van der Waals surface area contributed by atoms with Crippen molar-refractivity contribution in [2.75, 3.05) is 6.54 Å². The van der Waals surface area contributed by atoms with Crippen LogP contribution in [0.25, 0.3) is 0 Å². The number of carbonyl (C=O) groups is 1. The lowest BCUT2D eigenvalue weighted by Gasteiger charge is -2.25. The van der Waals surface area contributed by atoms with Gasteiger partial charge in [-0.25, -0.2) is 0 Å². The molecule has 0 radical (unpaired) electrons. The molecule has 17 heavy (non-hydrogen) atoms. The largest absolute Gasteiger partial charge is 0.351 e. The van der Waals surface area contributed by atoms with Gasteiger partial charge in [0, 0.05) is 17.6 Å². The van der Waals surface area contributed by atoms with E-state index in [0.29, 0.717) is 13.1 Å². The normalized spacial score (nSPS) is 14.1. The molecule has 3 N–H and O–H groups in total. The second-order valence-electron chi connectivity index (χ2n) is 4.39. The van der Waals surface area contributed by atoms with E-state index in [1.54, 1.807) is 0 Å². The number of hydrogen-bond acceptors (Lipinski definition) is 2. The van der Waals surface area contributed by atoms with Gasteiger partial charge < -0.3 is 11.1 Å². The van der Waals surface area contributed by atoms with Crippen LogP contribution in [-0.2, 0) is 11.3 Å². The van der Waals surface area contributed by atoms with Gasteiger partial charge in [-0.3, -0.25) is 4.79 Å². The maximum absolute atomic E-state index is 12.0. The van der Waals surface area contributed by atoms with Crippen LogP contribution in [0, 0.1) is 5.41 Å². The van der Waals surface area contributed by atoms with Crippen molar-refractivity contribution in [2.45, 2.75) is 26.8 Å². The number of amides is 1. The van der Waals surface area contributed by atoms with Crippen molar-refractivity contribution in [1.82, 2.24) is 5.32 Å². The zero-order chi connectivity index (χ0) is 12.9. The Morgan fingerprint density at radius 1 is 1.47 bits per heavy atom. The first-order valence-corrected chi connectivity index (χ1v) is 6.54. The summed E-state index contributed by atoms with van der Waals surface area (Å²) in [6.07, 6.45) is 0.741. The molecule has 0 aliphatic carbocycles. The number of nitrogens with one attached hydrogen (secondary N) is 1. The van der Waals surface area contributed by atoms with Gasteiger partial charge in [0.05, 0.1) is 5.41 Å². The summed E-state index contributed by atoms with van der Waals surface area (Å²) in [5.41, 5.74) is 6.24. The summed E-state index contributed by atoms with van der Waals surface area (Å²) in [6, 6.07) is 7.85. The molecule has 0 bridgehead atoms. The summed E-state index contributed by atoms with van der Waals surface area (Å²) in [5, 5.41) is 2.93. The fourth-order valence-electron chi connectivity index (χ4n) is 1.43. The second kappa shape index (κ2) is 6.17. The molecule has 4 heteroatoms. The van der Waals surface area contributed by atoms with Crippen molar-refractivity contribution in [1.29, 1.82) is 0 Å². The zero-order valence-electron chi connectivity index (χ0n) is 10.3. The summed E-state index contributed by atoms with van der Waals surface area (Å²) in [6.45, 7) is 4.76. The molecule has 1 aromatic rings. The van der Waals surface area contributed by atoms with Gasteiger partial charge in [0.2, 0.25) is 5.91 Å². The minimum atomic E-state index is -0.471. The molecule has 1 aromatic carbocycles. The monoisotopic (exact) mass is 298 g/mol. The standard InChI is InChI=1S/C13H19BrN2O/c1-3-13(2,9-15)12(17)16-8-10-6-4-5-7-11(10)14/h4-7H,3,8-9,15H2,1-2H3,(H,16,17). The molecule has 0 aliphatic rings. The van der Waals surface area contributed by atoms with Crippen LogP contribution in [0.2, 0.25) is 0 Å². The van der Waals surface area contributed by atoms with Crippen LogP contribution in [0.5, 0.6) is 0 Å². The molecule has 0 saturated heterocycles. The molecule has 0 heterocycles. The fourth-order valence-corrected chi connectivity index (χ4v) is 1.85. The first kappa shape index (κ1) is 14.2. The summed E-state index contributed by atoms with van der Waals surface area (Å²) < 4.78 is 1.01. The van der Waals surface area contributed by atoms with E-state index in [0.717, 1.165) is 16.5 Å². The van der Waals surface area contributed by atoms with Gasteiger partial charge in [-0.1, -0.05) is 41.1 Å². The minimum absolute atomic E-state index is 0.0123. The summed E-state index contributed by atoms with van der Waals surface area (Å²) in [7, 11) is 0. The molecular weight excluding hydrogens is 280 g/mol. The van der Waals surface area contributed by atoms with Crippen LogP contribution in [0.4, 0.5) is 0 Å². The maximum Gasteiger partial charge on any atom is 0.227 e. The summed E-state index contributed by atoms with van der Waals surface area (Å²) >= 11 is 3.45. The second-order valence-corrected chi connectivity index (χ2v) is 5.25. The number of benzene rings is 1. The molecule has 1 atom stereocenters. The topological polar surface area (TPSA) is 55.1 Å². The van der Waals surface area contributed by atoms with Gasteiger partial charge in [-0.05, 0) is 25.0 Å². The van der Waals surface area contributed by atoms with E-state index >= 15 is 0 Å². The van der Waals surface area contributed by atoms with Gasteiger partial charge in [0.25, 0.3) is 0 Å². The van der Waals surface area contributed by atoms with E-state index in [4.69, 9.17) is 5.73 Å². The number of halogens is 1. The third-order valence-corrected chi connectivity index (χ3v) is 3.95. The molecule has 94 valence electrons. The summed E-state index contributed by atoms with van der Waals surface area (Å²) in [4.78, 5) is 12.0. The maximum atomic E-state index is 12.0. The highest BCUT2D eigenvalue weighted by Crippen LogP contribution is 2.20. The Bertz CT molecular complexity index is 389. The average Bonchev–Trinajstić information content (AvgIpc) is 2.36. The molecule has 3 nitrogen and oxygen atoms in total. The van der Waals surface area contributed by atoms with Crippen molar-refractivity contribution in [3.8, 4) is 0 Å². The van der Waals surface area contributed by atoms with Crippen LogP contribution in [0.1, 0.15) is 25.8 Å². The zero-order valence-corrected chi connectivity index (χ0v) is 11.9. The number of carbonyl (C=O) groups excluding carboxylic acids is 1. The highest BCUT2D eigenvalue weighted by atomic mass is 79.9. The van der Waals surface area contributed by atoms with Gasteiger partial charge in [0.1, 0.15) is 0 Å².